The number of hydrogen-bond acceptors (Lipinski definition) is 5. The molecule has 1 aliphatic rings. The monoisotopic (exact) mass is 470 g/mol. The zero-order valence-electron chi connectivity index (χ0n) is 18.9. The van der Waals surface area contributed by atoms with Crippen LogP contribution in [0.2, 0.25) is 0 Å². The van der Waals surface area contributed by atoms with Gasteiger partial charge in [-0.2, -0.15) is 0 Å². The number of carbonyl (C=O) groups excluding carboxylic acids is 2. The van der Waals surface area contributed by atoms with Gasteiger partial charge in [-0.05, 0) is 48.1 Å². The third-order valence-electron chi connectivity index (χ3n) is 5.99. The van der Waals surface area contributed by atoms with Crippen LogP contribution in [0.25, 0.3) is 6.08 Å². The Morgan fingerprint density at radius 3 is 2.58 bits per heavy atom. The van der Waals surface area contributed by atoms with Gasteiger partial charge in [-0.25, -0.2) is 13.2 Å². The Bertz CT molecular complexity index is 1100. The number of hydrogen-bond donors (Lipinski definition) is 2. The van der Waals surface area contributed by atoms with E-state index in [-0.39, 0.29) is 29.8 Å². The average Bonchev–Trinajstić information content (AvgIpc) is 2.80. The smallest absolute Gasteiger partial charge is 0.338 e. The Kier molecular flexibility index (Phi) is 8.27. The first kappa shape index (κ1) is 24.5. The number of benzene rings is 2. The minimum absolute atomic E-state index is 0.0848. The van der Waals surface area contributed by atoms with Gasteiger partial charge in [0.05, 0.1) is 11.0 Å². The largest absolute Gasteiger partial charge is 0.452 e. The summed E-state index contributed by atoms with van der Waals surface area (Å²) in [5, 5.41) is 4.02. The number of rotatable bonds is 8. The van der Waals surface area contributed by atoms with Gasteiger partial charge in [0.1, 0.15) is 0 Å². The van der Waals surface area contributed by atoms with Crippen LogP contribution in [0.15, 0.2) is 60.0 Å². The first-order valence-corrected chi connectivity index (χ1v) is 12.6. The molecule has 1 saturated carbocycles. The first-order valence-electron chi connectivity index (χ1n) is 11.1. The summed E-state index contributed by atoms with van der Waals surface area (Å²) in [7, 11) is -3.77. The number of anilines is 1. The summed E-state index contributed by atoms with van der Waals surface area (Å²) < 4.78 is 32.2. The van der Waals surface area contributed by atoms with Gasteiger partial charge < -0.3 is 10.1 Å². The van der Waals surface area contributed by atoms with Crippen molar-refractivity contribution in [2.75, 3.05) is 11.3 Å². The molecule has 0 unspecified atom stereocenters. The Balaban J connectivity index is 1.54. The molecule has 176 valence electrons. The van der Waals surface area contributed by atoms with Gasteiger partial charge in [-0.15, -0.1) is 0 Å². The van der Waals surface area contributed by atoms with Crippen LogP contribution in [0.5, 0.6) is 0 Å². The number of sulfonamides is 1. The van der Waals surface area contributed by atoms with Crippen molar-refractivity contribution in [3.8, 4) is 0 Å². The van der Waals surface area contributed by atoms with Crippen molar-refractivity contribution in [2.24, 2.45) is 11.8 Å². The molecule has 0 spiro atoms. The van der Waals surface area contributed by atoms with E-state index in [1.807, 2.05) is 18.2 Å². The zero-order valence-corrected chi connectivity index (χ0v) is 19.7. The topological polar surface area (TPSA) is 102 Å². The van der Waals surface area contributed by atoms with Crippen molar-refractivity contribution in [3.63, 3.8) is 0 Å². The van der Waals surface area contributed by atoms with Gasteiger partial charge in [0, 0.05) is 11.7 Å². The van der Waals surface area contributed by atoms with Crippen LogP contribution in [0, 0.1) is 11.8 Å². The molecule has 0 saturated heterocycles. The maximum atomic E-state index is 12.4. The molecule has 1 amide bonds. The van der Waals surface area contributed by atoms with Crippen LogP contribution in [0.4, 0.5) is 5.69 Å². The van der Waals surface area contributed by atoms with Gasteiger partial charge in [-0.1, -0.05) is 63.1 Å². The zero-order chi connectivity index (χ0) is 23.8. The predicted molar refractivity (Wildman–Crippen MR) is 129 cm³/mol. The molecule has 0 aromatic heterocycles. The number of esters is 1. The highest BCUT2D eigenvalue weighted by molar-refractivity contribution is 7.95. The lowest BCUT2D eigenvalue weighted by Gasteiger charge is -2.34. The highest BCUT2D eigenvalue weighted by Crippen LogP contribution is 2.29. The molecule has 3 atom stereocenters. The van der Waals surface area contributed by atoms with Gasteiger partial charge in [0.2, 0.25) is 0 Å². The molecule has 1 fully saturated rings. The van der Waals surface area contributed by atoms with Crippen LogP contribution in [-0.2, 0) is 19.6 Å². The van der Waals surface area contributed by atoms with Crippen molar-refractivity contribution in [1.29, 1.82) is 0 Å². The first-order chi connectivity index (χ1) is 15.7. The van der Waals surface area contributed by atoms with Gasteiger partial charge in [-0.3, -0.25) is 9.52 Å². The van der Waals surface area contributed by atoms with Gasteiger partial charge >= 0.3 is 5.97 Å². The summed E-state index contributed by atoms with van der Waals surface area (Å²) in [4.78, 5) is 24.6. The van der Waals surface area contributed by atoms with E-state index < -0.39 is 16.0 Å². The molecular weight excluding hydrogens is 440 g/mol. The number of ether oxygens (including phenoxy) is 1. The second-order valence-corrected chi connectivity index (χ2v) is 10.0. The molecule has 0 aliphatic heterocycles. The molecule has 8 heteroatoms. The average molecular weight is 471 g/mol. The molecule has 7 nitrogen and oxygen atoms in total. The molecular formula is C25H30N2O5S. The number of amides is 1. The fourth-order valence-electron chi connectivity index (χ4n) is 3.89. The highest BCUT2D eigenvalue weighted by atomic mass is 32.2. The minimum Gasteiger partial charge on any atom is -0.452 e. The summed E-state index contributed by atoms with van der Waals surface area (Å²) >= 11 is 0. The summed E-state index contributed by atoms with van der Waals surface area (Å²) in [5.74, 6) is -0.118. The lowest BCUT2D eigenvalue weighted by molar-refractivity contribution is -0.125. The van der Waals surface area contributed by atoms with E-state index >= 15 is 0 Å². The molecule has 0 heterocycles. The van der Waals surface area contributed by atoms with E-state index in [9.17, 15) is 18.0 Å². The lowest BCUT2D eigenvalue weighted by Crippen LogP contribution is -2.45. The SMILES string of the molecule is C[C@@H]1[C@H](C)CCC[C@H]1NC(=O)COC(=O)c1cccc(NS(=O)(=O)/C=C/c2ccccc2)c1. The fraction of sp³-hybridized carbons (Fsp3) is 0.360. The second-order valence-electron chi connectivity index (χ2n) is 8.46. The predicted octanol–water partition coefficient (Wildman–Crippen LogP) is 4.20. The molecule has 0 radical (unpaired) electrons. The van der Waals surface area contributed by atoms with Crippen molar-refractivity contribution in [3.05, 3.63) is 71.1 Å². The lowest BCUT2D eigenvalue weighted by atomic mass is 9.78. The normalized spacial score (nSPS) is 20.8. The molecule has 2 N–H and O–H groups in total. The van der Waals surface area contributed by atoms with Crippen LogP contribution in [-0.4, -0.2) is 32.9 Å². The fourth-order valence-corrected chi connectivity index (χ4v) is 4.75. The van der Waals surface area contributed by atoms with Crippen LogP contribution >= 0.6 is 0 Å². The molecule has 2 aromatic carbocycles. The number of nitrogens with one attached hydrogen (secondary N) is 2. The molecule has 33 heavy (non-hydrogen) atoms. The Morgan fingerprint density at radius 2 is 1.82 bits per heavy atom. The quantitative estimate of drug-likeness (QED) is 0.563. The van der Waals surface area contributed by atoms with Crippen molar-refractivity contribution < 1.29 is 22.7 Å². The summed E-state index contributed by atoms with van der Waals surface area (Å²) in [5.41, 5.74) is 1.11. The van der Waals surface area contributed by atoms with E-state index in [4.69, 9.17) is 4.74 Å². The van der Waals surface area contributed by atoms with Crippen LogP contribution < -0.4 is 10.0 Å². The third-order valence-corrected chi connectivity index (χ3v) is 7.00. The molecule has 2 aromatic rings. The van der Waals surface area contributed by atoms with Crippen molar-refractivity contribution >= 4 is 33.7 Å². The highest BCUT2D eigenvalue weighted by Gasteiger charge is 2.28. The third kappa shape index (κ3) is 7.46. The Labute approximate surface area is 195 Å². The van der Waals surface area contributed by atoms with Gasteiger partial charge in [0.25, 0.3) is 15.9 Å². The summed E-state index contributed by atoms with van der Waals surface area (Å²) in [6, 6.07) is 15.1. The Morgan fingerprint density at radius 1 is 1.06 bits per heavy atom. The van der Waals surface area contributed by atoms with Gasteiger partial charge in [0.15, 0.2) is 6.61 Å². The molecule has 3 rings (SSSR count). The van der Waals surface area contributed by atoms with Crippen LogP contribution in [0.1, 0.15) is 49.0 Å². The maximum Gasteiger partial charge on any atom is 0.338 e. The minimum atomic E-state index is -3.77. The van der Waals surface area contributed by atoms with Crippen molar-refractivity contribution in [1.82, 2.24) is 5.32 Å². The van der Waals surface area contributed by atoms with E-state index in [1.54, 1.807) is 18.2 Å². The second kappa shape index (κ2) is 11.1. The maximum absolute atomic E-state index is 12.4. The van der Waals surface area contributed by atoms with E-state index in [1.165, 1.54) is 24.3 Å². The Hall–Kier alpha value is -3.13. The van der Waals surface area contributed by atoms with E-state index in [0.717, 1.165) is 30.2 Å². The van der Waals surface area contributed by atoms with Crippen LogP contribution in [0.3, 0.4) is 0 Å². The summed E-state index contributed by atoms with van der Waals surface area (Å²) in [6.07, 6.45) is 4.63. The molecule has 0 bridgehead atoms. The molecule has 1 aliphatic carbocycles. The standard InChI is InChI=1S/C25H30N2O5S/c1-18-8-6-13-23(19(18)2)26-24(28)17-32-25(29)21-11-7-12-22(16-21)27-33(30,31)15-14-20-9-4-3-5-10-20/h3-5,7,9-12,14-16,18-19,23,27H,6,8,13,17H2,1-2H3,(H,26,28)/b15-14+/t18-,19-,23-/m1/s1. The van der Waals surface area contributed by atoms with E-state index in [0.29, 0.717) is 11.8 Å². The van der Waals surface area contributed by atoms with Crippen molar-refractivity contribution in [2.45, 2.75) is 39.2 Å². The number of carbonyl (C=O) groups is 2. The van der Waals surface area contributed by atoms with E-state index in [2.05, 4.69) is 23.9 Å². The summed E-state index contributed by atoms with van der Waals surface area (Å²) in [6.45, 7) is 3.93.